The average Bonchev–Trinajstić information content (AvgIpc) is 3.09. The molecule has 4 aromatic rings. The second kappa shape index (κ2) is 15.2. The molecular weight excluding hydrogens is 625 g/mol. The first-order valence-corrected chi connectivity index (χ1v) is 15.6. The van der Waals surface area contributed by atoms with Crippen LogP contribution in [-0.2, 0) is 14.3 Å². The molecule has 0 amide bonds. The van der Waals surface area contributed by atoms with Gasteiger partial charge in [-0.05, 0) is 54.1 Å². The normalized spacial score (nSPS) is 20.4. The Morgan fingerprint density at radius 3 is 1.88 bits per heavy atom. The molecule has 3 fully saturated rings. The van der Waals surface area contributed by atoms with E-state index < -0.39 is 18.2 Å². The van der Waals surface area contributed by atoms with Gasteiger partial charge in [0.25, 0.3) is 0 Å². The third kappa shape index (κ3) is 9.01. The number of carbonyl (C=O) groups is 3. The van der Waals surface area contributed by atoms with Gasteiger partial charge in [-0.15, -0.1) is 0 Å². The quantitative estimate of drug-likeness (QED) is 0.127. The van der Waals surface area contributed by atoms with Crippen molar-refractivity contribution in [2.75, 3.05) is 31.5 Å². The fourth-order valence-electron chi connectivity index (χ4n) is 6.15. The van der Waals surface area contributed by atoms with Crippen LogP contribution < -0.4 is 15.2 Å². The van der Waals surface area contributed by atoms with Crippen LogP contribution >= 0.6 is 0 Å². The van der Waals surface area contributed by atoms with Crippen LogP contribution in [0.3, 0.4) is 0 Å². The van der Waals surface area contributed by atoms with Gasteiger partial charge in [-0.1, -0.05) is 66.7 Å². The minimum Gasteiger partial charge on any atom is -0.542 e. The molecule has 3 heterocycles. The van der Waals surface area contributed by atoms with Crippen molar-refractivity contribution in [3.63, 3.8) is 0 Å². The van der Waals surface area contributed by atoms with Crippen molar-refractivity contribution in [2.45, 2.75) is 31.2 Å². The Hall–Kier alpha value is -5.16. The lowest BCUT2D eigenvalue weighted by Crippen LogP contribution is -2.65. The SMILES string of the molecule is O=C(C[N+]12CCC(CC1)[C@@H](OC(=O)[C@H](Nc1ccccc1)c1ccccc1)C2)c1ccc(Oc2ccccc2)cc1.O=C([O-])C(F)(F)F. The molecule has 0 saturated carbocycles. The number of fused-ring (bicyclic) bond motifs is 3. The van der Waals surface area contributed by atoms with Gasteiger partial charge in [0, 0.05) is 30.0 Å². The van der Waals surface area contributed by atoms with Crippen molar-refractivity contribution < 1.29 is 46.6 Å². The van der Waals surface area contributed by atoms with E-state index in [-0.39, 0.29) is 17.9 Å². The molecule has 1 N–H and O–H groups in total. The molecule has 3 aliphatic rings. The molecule has 3 saturated heterocycles. The smallest absolute Gasteiger partial charge is 0.430 e. The van der Waals surface area contributed by atoms with E-state index in [1.165, 1.54) is 0 Å². The maximum Gasteiger partial charge on any atom is 0.430 e. The maximum absolute atomic E-state index is 13.6. The van der Waals surface area contributed by atoms with Gasteiger partial charge < -0.3 is 29.2 Å². The fourth-order valence-corrected chi connectivity index (χ4v) is 6.15. The summed E-state index contributed by atoms with van der Waals surface area (Å²) >= 11 is 0. The van der Waals surface area contributed by atoms with Crippen molar-refractivity contribution >= 4 is 23.4 Å². The van der Waals surface area contributed by atoms with Gasteiger partial charge in [0.05, 0.1) is 13.1 Å². The second-order valence-corrected chi connectivity index (χ2v) is 11.9. The van der Waals surface area contributed by atoms with E-state index in [1.54, 1.807) is 0 Å². The highest BCUT2D eigenvalue weighted by Crippen LogP contribution is 2.37. The molecule has 3 aliphatic heterocycles. The topological polar surface area (TPSA) is 105 Å². The number of nitrogens with one attached hydrogen (secondary N) is 1. The molecule has 48 heavy (non-hydrogen) atoms. The van der Waals surface area contributed by atoms with Crippen LogP contribution in [0.4, 0.5) is 18.9 Å². The molecule has 2 atom stereocenters. The van der Waals surface area contributed by atoms with Crippen molar-refractivity contribution in [2.24, 2.45) is 5.92 Å². The van der Waals surface area contributed by atoms with E-state index in [2.05, 4.69) is 5.32 Å². The Morgan fingerprint density at radius 1 is 0.792 bits per heavy atom. The van der Waals surface area contributed by atoms with Crippen LogP contribution in [0.25, 0.3) is 0 Å². The largest absolute Gasteiger partial charge is 0.542 e. The number of para-hydroxylation sites is 2. The van der Waals surface area contributed by atoms with Crippen LogP contribution in [0.15, 0.2) is 115 Å². The summed E-state index contributed by atoms with van der Waals surface area (Å²) in [6.07, 6.45) is -3.49. The van der Waals surface area contributed by atoms with E-state index in [9.17, 15) is 22.8 Å². The number of benzene rings is 4. The molecule has 0 aromatic heterocycles. The summed E-state index contributed by atoms with van der Waals surface area (Å²) in [5.41, 5.74) is 2.40. The highest BCUT2D eigenvalue weighted by atomic mass is 19.4. The number of anilines is 1. The van der Waals surface area contributed by atoms with Crippen molar-refractivity contribution in [1.29, 1.82) is 0 Å². The summed E-state index contributed by atoms with van der Waals surface area (Å²) in [7, 11) is 0. The number of rotatable bonds is 10. The number of ketones is 1. The number of quaternary nitrogens is 1. The summed E-state index contributed by atoms with van der Waals surface area (Å²) in [6, 6.07) is 35.8. The number of hydrogen-bond donors (Lipinski definition) is 1. The van der Waals surface area contributed by atoms with E-state index in [0.29, 0.717) is 34.8 Å². The lowest BCUT2D eigenvalue weighted by Gasteiger charge is -2.51. The van der Waals surface area contributed by atoms with Crippen LogP contribution in [0.2, 0.25) is 0 Å². The fraction of sp³-hybridized carbons (Fsp3) is 0.270. The van der Waals surface area contributed by atoms with Crippen LogP contribution in [0, 0.1) is 5.92 Å². The Balaban J connectivity index is 0.000000582. The number of piperidine rings is 3. The van der Waals surface area contributed by atoms with Crippen molar-refractivity contribution in [3.05, 3.63) is 126 Å². The summed E-state index contributed by atoms with van der Waals surface area (Å²) in [5.74, 6) is -1.39. The Labute approximate surface area is 276 Å². The van der Waals surface area contributed by atoms with Crippen LogP contribution in [-0.4, -0.2) is 60.7 Å². The minimum atomic E-state index is -5.19. The van der Waals surface area contributed by atoms with E-state index in [0.717, 1.165) is 42.9 Å². The molecule has 0 radical (unpaired) electrons. The molecule has 250 valence electrons. The van der Waals surface area contributed by atoms with Gasteiger partial charge in [0.1, 0.15) is 30.6 Å². The zero-order chi connectivity index (χ0) is 34.1. The molecule has 4 aromatic carbocycles. The number of carbonyl (C=O) groups excluding carboxylic acids is 3. The number of carboxylic acids is 1. The number of esters is 1. The third-order valence-electron chi connectivity index (χ3n) is 8.63. The standard InChI is InChI=1S/C35H35N2O4.C2HF3O2/c38-32(26-16-18-31(19-17-26)40-30-14-8-3-9-15-30)24-37-22-20-27(21-23-37)33(25-37)41-35(39)34(28-10-4-1-5-11-28)36-29-12-6-2-7-13-29;3-2(4,5)1(6)7/h1-19,27,33-34,36H,20-25H2;(H,6,7)/q+1;/p-1/t27?,33-,34+,37?;/m0./s1. The number of Topliss-reactive ketones (excluding diaryl/α,β-unsaturated/α-hetero) is 1. The number of alkyl halides is 3. The summed E-state index contributed by atoms with van der Waals surface area (Å²) < 4.78 is 44.3. The molecule has 0 aliphatic carbocycles. The molecule has 0 unspecified atom stereocenters. The van der Waals surface area contributed by atoms with Gasteiger partial charge in [0.15, 0.2) is 12.1 Å². The molecule has 7 rings (SSSR count). The zero-order valence-corrected chi connectivity index (χ0v) is 26.0. The summed E-state index contributed by atoms with van der Waals surface area (Å²) in [6.45, 7) is 2.95. The van der Waals surface area contributed by atoms with Gasteiger partial charge in [0.2, 0.25) is 5.78 Å². The summed E-state index contributed by atoms with van der Waals surface area (Å²) in [4.78, 5) is 35.8. The third-order valence-corrected chi connectivity index (χ3v) is 8.63. The minimum absolute atomic E-state index is 0.106. The first-order valence-electron chi connectivity index (χ1n) is 15.6. The van der Waals surface area contributed by atoms with Gasteiger partial charge in [-0.25, -0.2) is 4.79 Å². The highest BCUT2D eigenvalue weighted by Gasteiger charge is 2.49. The number of nitrogens with zero attached hydrogens (tertiary/aromatic N) is 1. The predicted octanol–water partition coefficient (Wildman–Crippen LogP) is 5.97. The number of halogens is 3. The van der Waals surface area contributed by atoms with Crippen molar-refractivity contribution in [3.8, 4) is 11.5 Å². The Bertz CT molecular complexity index is 1660. The molecular formula is C37H35F3N2O6. The summed E-state index contributed by atoms with van der Waals surface area (Å²) in [5, 5.41) is 12.2. The predicted molar refractivity (Wildman–Crippen MR) is 170 cm³/mol. The zero-order valence-electron chi connectivity index (χ0n) is 26.0. The van der Waals surface area contributed by atoms with E-state index in [4.69, 9.17) is 19.4 Å². The molecule has 2 bridgehead atoms. The molecule has 0 spiro atoms. The first-order chi connectivity index (χ1) is 23.0. The Morgan fingerprint density at radius 2 is 1.31 bits per heavy atom. The monoisotopic (exact) mass is 660 g/mol. The van der Waals surface area contributed by atoms with Gasteiger partial charge in [-0.2, -0.15) is 13.2 Å². The molecule has 11 heteroatoms. The number of ether oxygens (including phenoxy) is 2. The van der Waals surface area contributed by atoms with Gasteiger partial charge in [-0.3, -0.25) is 4.79 Å². The molecule has 8 nitrogen and oxygen atoms in total. The lowest BCUT2D eigenvalue weighted by molar-refractivity contribution is -0.938. The second-order valence-electron chi connectivity index (χ2n) is 11.9. The highest BCUT2D eigenvalue weighted by molar-refractivity contribution is 5.97. The Kier molecular flexibility index (Phi) is 10.8. The maximum atomic E-state index is 13.6. The number of hydrogen-bond acceptors (Lipinski definition) is 7. The van der Waals surface area contributed by atoms with Crippen molar-refractivity contribution in [1.82, 2.24) is 0 Å². The number of carboxylic acid groups (broad SMARTS) is 1. The lowest BCUT2D eigenvalue weighted by atomic mass is 9.82. The number of aliphatic carboxylic acids is 1. The van der Waals surface area contributed by atoms with Crippen LogP contribution in [0.1, 0.15) is 34.8 Å². The average molecular weight is 661 g/mol. The van der Waals surface area contributed by atoms with Crippen LogP contribution in [0.5, 0.6) is 11.5 Å². The van der Waals surface area contributed by atoms with E-state index >= 15 is 0 Å². The first kappa shape index (κ1) is 34.2. The van der Waals surface area contributed by atoms with Gasteiger partial charge >= 0.3 is 12.1 Å². The van der Waals surface area contributed by atoms with E-state index in [1.807, 2.05) is 115 Å².